The Balaban J connectivity index is 0.000000189. The first-order valence-electron chi connectivity index (χ1n) is 21.2. The highest BCUT2D eigenvalue weighted by Crippen LogP contribution is 2.38. The molecule has 0 atom stereocenters. The zero-order valence-electron chi connectivity index (χ0n) is 36.4. The maximum atomic E-state index is 13.5. The van der Waals surface area contributed by atoms with E-state index in [1.54, 1.807) is 36.5 Å². The van der Waals surface area contributed by atoms with E-state index < -0.39 is 31.8 Å². The number of benzene rings is 2. The van der Waals surface area contributed by atoms with Gasteiger partial charge in [-0.05, 0) is 90.5 Å². The van der Waals surface area contributed by atoms with Crippen LogP contribution in [0.3, 0.4) is 0 Å². The lowest BCUT2D eigenvalue weighted by atomic mass is 9.90. The van der Waals surface area contributed by atoms with Crippen LogP contribution in [0.2, 0.25) is 0 Å². The van der Waals surface area contributed by atoms with Gasteiger partial charge in [0.05, 0.1) is 33.0 Å². The van der Waals surface area contributed by atoms with Crippen molar-refractivity contribution in [2.75, 3.05) is 0 Å². The molecule has 0 bridgehead atoms. The quantitative estimate of drug-likeness (QED) is 0.110. The molecule has 0 saturated heterocycles. The topological polar surface area (TPSA) is 152 Å². The van der Waals surface area contributed by atoms with Crippen molar-refractivity contribution in [1.29, 1.82) is 5.26 Å². The summed E-state index contributed by atoms with van der Waals surface area (Å²) in [6.45, 7) is 14.7. The van der Waals surface area contributed by atoms with Gasteiger partial charge in [-0.15, -0.1) is 0 Å². The largest absolute Gasteiger partial charge is 0.418 e. The summed E-state index contributed by atoms with van der Waals surface area (Å²) in [4.78, 5) is 8.43. The fourth-order valence-corrected chi connectivity index (χ4v) is 10.3. The molecule has 2 fully saturated rings. The molecule has 4 aromatic heterocycles. The Morgan fingerprint density at radius 2 is 1.19 bits per heavy atom. The molecule has 2 aliphatic rings. The van der Waals surface area contributed by atoms with Crippen LogP contribution in [0.25, 0.3) is 44.3 Å². The molecular weight excluding hydrogens is 848 g/mol. The molecule has 0 radical (unpaired) electrons. The van der Waals surface area contributed by atoms with Crippen molar-refractivity contribution >= 4 is 41.9 Å². The lowest BCUT2D eigenvalue weighted by Crippen LogP contribution is -2.26. The Morgan fingerprint density at radius 1 is 0.714 bits per heavy atom. The molecule has 2 N–H and O–H groups in total. The summed E-state index contributed by atoms with van der Waals surface area (Å²) in [5.74, 6) is 0. The third-order valence-corrected chi connectivity index (χ3v) is 15.4. The van der Waals surface area contributed by atoms with Gasteiger partial charge in [-0.25, -0.2) is 26.3 Å². The van der Waals surface area contributed by atoms with Crippen LogP contribution < -0.4 is 9.44 Å². The van der Waals surface area contributed by atoms with Gasteiger partial charge in [-0.2, -0.15) is 18.4 Å². The van der Waals surface area contributed by atoms with Crippen molar-refractivity contribution in [1.82, 2.24) is 28.5 Å². The van der Waals surface area contributed by atoms with E-state index in [1.807, 2.05) is 22.9 Å². The first-order chi connectivity index (χ1) is 29.6. The number of sulfonamides is 2. The van der Waals surface area contributed by atoms with Crippen LogP contribution in [0.1, 0.15) is 95.9 Å². The zero-order valence-corrected chi connectivity index (χ0v) is 38.1. The summed E-state index contributed by atoms with van der Waals surface area (Å²) in [6, 6.07) is 19.1. The van der Waals surface area contributed by atoms with Gasteiger partial charge >= 0.3 is 6.18 Å². The van der Waals surface area contributed by atoms with Crippen molar-refractivity contribution in [3.63, 3.8) is 0 Å². The predicted molar refractivity (Wildman–Crippen MR) is 241 cm³/mol. The molecular formula is C47H54F3N7O4S2. The number of aromatic nitrogens is 4. The van der Waals surface area contributed by atoms with Crippen molar-refractivity contribution in [3.05, 3.63) is 108 Å². The number of halogens is 3. The second-order valence-electron chi connectivity index (χ2n) is 18.6. The van der Waals surface area contributed by atoms with Crippen molar-refractivity contribution in [2.24, 2.45) is 10.8 Å². The van der Waals surface area contributed by atoms with Crippen molar-refractivity contribution in [2.45, 2.75) is 117 Å². The van der Waals surface area contributed by atoms with Gasteiger partial charge in [-0.3, -0.25) is 9.97 Å². The molecule has 11 nitrogen and oxygen atoms in total. The summed E-state index contributed by atoms with van der Waals surface area (Å²) in [7, 11) is -6.60. The number of nitriles is 1. The standard InChI is InChI=1S/C24H28N4O2S.C23H26F3N3O2S/c1-4-24(2,3)16-28-15-19(14-27-31(29,30)20-8-9-20)21-10-7-17(12-22(21)28)23-18(13-25)6-5-11-26-23;1-22(2,3)14-29-13-16(12-28-32(30,31)17-7-8-17)18-9-6-15(11-20(18)29)21-19(23(24,25)26)5-4-10-27-21/h5-7,10-12,15,20,27H,4,8-9,14,16H2,1-3H3;4-6,9-11,13,17,28H,7-8,12,14H2,1-3H3. The van der Waals surface area contributed by atoms with E-state index in [-0.39, 0.29) is 40.1 Å². The van der Waals surface area contributed by atoms with E-state index in [0.717, 1.165) is 70.4 Å². The normalized spacial score (nSPS) is 15.0. The highest BCUT2D eigenvalue weighted by molar-refractivity contribution is 7.90. The van der Waals surface area contributed by atoms with E-state index in [2.05, 4.69) is 83.9 Å². The van der Waals surface area contributed by atoms with Gasteiger partial charge in [0.1, 0.15) is 6.07 Å². The third kappa shape index (κ3) is 10.8. The predicted octanol–water partition coefficient (Wildman–Crippen LogP) is 9.94. The van der Waals surface area contributed by atoms with Crippen LogP contribution in [-0.4, -0.2) is 46.4 Å². The van der Waals surface area contributed by atoms with Gasteiger partial charge in [0, 0.05) is 83.9 Å². The Labute approximate surface area is 367 Å². The lowest BCUT2D eigenvalue weighted by Gasteiger charge is -2.24. The minimum Gasteiger partial charge on any atom is -0.347 e. The van der Waals surface area contributed by atoms with E-state index >= 15 is 0 Å². The van der Waals surface area contributed by atoms with Crippen LogP contribution in [0.15, 0.2) is 85.5 Å². The maximum absolute atomic E-state index is 13.5. The number of rotatable bonds is 14. The van der Waals surface area contributed by atoms with Crippen LogP contribution in [0.4, 0.5) is 13.2 Å². The molecule has 63 heavy (non-hydrogen) atoms. The number of fused-ring (bicyclic) bond motifs is 2. The summed E-state index contributed by atoms with van der Waals surface area (Å²) in [5.41, 5.74) is 5.04. The monoisotopic (exact) mass is 901 g/mol. The van der Waals surface area contributed by atoms with Crippen LogP contribution in [0.5, 0.6) is 0 Å². The number of hydrogen-bond donors (Lipinski definition) is 2. The SMILES string of the molecule is CC(C)(C)Cn1cc(CNS(=O)(=O)C2CC2)c2ccc(-c3ncccc3C(F)(F)F)cc21.CCC(C)(C)Cn1cc(CNS(=O)(=O)C2CC2)c2ccc(-c3ncccc3C#N)cc21. The van der Waals surface area contributed by atoms with Gasteiger partial charge < -0.3 is 9.13 Å². The van der Waals surface area contributed by atoms with Gasteiger partial charge in [0.25, 0.3) is 0 Å². The molecule has 2 aliphatic carbocycles. The van der Waals surface area contributed by atoms with Gasteiger partial charge in [0.2, 0.25) is 20.0 Å². The van der Waals surface area contributed by atoms with E-state index in [1.165, 1.54) is 12.3 Å². The fraction of sp³-hybridized carbons (Fsp3) is 0.426. The molecule has 334 valence electrons. The molecule has 0 aliphatic heterocycles. The number of pyridine rings is 2. The van der Waals surface area contributed by atoms with Gasteiger partial charge in [-0.1, -0.05) is 65.8 Å². The lowest BCUT2D eigenvalue weighted by molar-refractivity contribution is -0.137. The van der Waals surface area contributed by atoms with Crippen LogP contribution in [0, 0.1) is 22.2 Å². The highest BCUT2D eigenvalue weighted by Gasteiger charge is 2.37. The molecule has 0 amide bonds. The van der Waals surface area contributed by atoms with E-state index in [9.17, 15) is 35.3 Å². The molecule has 8 rings (SSSR count). The van der Waals surface area contributed by atoms with Gasteiger partial charge in [0.15, 0.2) is 0 Å². The van der Waals surface area contributed by atoms with Crippen molar-refractivity contribution in [3.8, 4) is 28.6 Å². The summed E-state index contributed by atoms with van der Waals surface area (Å²) < 4.78 is 99.5. The first-order valence-corrected chi connectivity index (χ1v) is 24.3. The Kier molecular flexibility index (Phi) is 12.7. The number of nitrogens with one attached hydrogen (secondary N) is 2. The minimum atomic E-state index is -4.52. The highest BCUT2D eigenvalue weighted by atomic mass is 32.2. The molecule has 2 saturated carbocycles. The molecule has 2 aromatic carbocycles. The van der Waals surface area contributed by atoms with Crippen molar-refractivity contribution < 1.29 is 30.0 Å². The second-order valence-corrected chi connectivity index (χ2v) is 22.7. The third-order valence-electron chi connectivity index (χ3n) is 11.6. The van der Waals surface area contributed by atoms with Crippen LogP contribution >= 0.6 is 0 Å². The Hall–Kier alpha value is -5.08. The molecule has 4 heterocycles. The Morgan fingerprint density at radius 3 is 1.65 bits per heavy atom. The smallest absolute Gasteiger partial charge is 0.347 e. The van der Waals surface area contributed by atoms with E-state index in [4.69, 9.17) is 0 Å². The summed E-state index contributed by atoms with van der Waals surface area (Å²) >= 11 is 0. The average Bonchev–Trinajstić information content (AvgIpc) is 4.18. The van der Waals surface area contributed by atoms with Crippen LogP contribution in [-0.2, 0) is 52.4 Å². The number of nitrogens with zero attached hydrogens (tertiary/aromatic N) is 5. The number of hydrogen-bond acceptors (Lipinski definition) is 7. The maximum Gasteiger partial charge on any atom is 0.418 e. The molecule has 0 unspecified atom stereocenters. The number of alkyl halides is 3. The zero-order chi connectivity index (χ0) is 45.5. The molecule has 0 spiro atoms. The fourth-order valence-electron chi connectivity index (χ4n) is 7.60. The average molecular weight is 902 g/mol. The van der Waals surface area contributed by atoms with E-state index in [0.29, 0.717) is 36.2 Å². The summed E-state index contributed by atoms with van der Waals surface area (Å²) in [6.07, 6.45) is 6.34. The Bertz CT molecular complexity index is 2920. The minimum absolute atomic E-state index is 0.0884. The summed E-state index contributed by atoms with van der Waals surface area (Å²) in [5, 5.41) is 10.7. The first kappa shape index (κ1) is 45.9. The molecule has 16 heteroatoms. The second kappa shape index (κ2) is 17.5. The molecule has 6 aromatic rings.